The van der Waals surface area contributed by atoms with Crippen molar-refractivity contribution >= 4 is 38.0 Å². The van der Waals surface area contributed by atoms with Gasteiger partial charge in [-0.25, -0.2) is 18.2 Å². The van der Waals surface area contributed by atoms with Crippen molar-refractivity contribution < 1.29 is 27.5 Å². The SMILES string of the molecule is CCNC(NC(=O)OCC)c1ccc(Br)nc1S(C)(=O)=O.O=C=O. The Morgan fingerprint density at radius 3 is 2.42 bits per heavy atom. The smallest absolute Gasteiger partial charge is 0.408 e. The minimum Gasteiger partial charge on any atom is -0.450 e. The summed E-state index contributed by atoms with van der Waals surface area (Å²) in [5, 5.41) is 5.47. The number of carbonyl (C=O) groups excluding carboxylic acids is 3. The van der Waals surface area contributed by atoms with Gasteiger partial charge >= 0.3 is 12.2 Å². The molecule has 134 valence electrons. The Bertz CT molecular complexity index is 689. The summed E-state index contributed by atoms with van der Waals surface area (Å²) in [7, 11) is -3.54. The number of sulfone groups is 1. The summed E-state index contributed by atoms with van der Waals surface area (Å²) in [6.45, 7) is 4.27. The highest BCUT2D eigenvalue weighted by atomic mass is 79.9. The molecule has 0 aliphatic heterocycles. The summed E-state index contributed by atoms with van der Waals surface area (Å²) in [6, 6.07) is 3.20. The molecule has 0 bridgehead atoms. The van der Waals surface area contributed by atoms with Crippen LogP contribution in [-0.2, 0) is 24.2 Å². The lowest BCUT2D eigenvalue weighted by Gasteiger charge is -2.21. The van der Waals surface area contributed by atoms with E-state index in [4.69, 9.17) is 14.3 Å². The van der Waals surface area contributed by atoms with E-state index in [2.05, 4.69) is 31.5 Å². The molecule has 24 heavy (non-hydrogen) atoms. The van der Waals surface area contributed by atoms with Crippen molar-refractivity contribution in [3.63, 3.8) is 0 Å². The lowest BCUT2D eigenvalue weighted by molar-refractivity contribution is -0.191. The van der Waals surface area contributed by atoms with Gasteiger partial charge in [0.1, 0.15) is 10.8 Å². The molecule has 0 aromatic carbocycles. The second-order valence-corrected chi connectivity index (χ2v) is 6.98. The molecule has 9 nitrogen and oxygen atoms in total. The first kappa shape index (κ1) is 22.2. The number of hydrogen-bond acceptors (Lipinski definition) is 8. The van der Waals surface area contributed by atoms with E-state index in [9.17, 15) is 13.2 Å². The van der Waals surface area contributed by atoms with Gasteiger partial charge in [-0.15, -0.1) is 0 Å². The summed E-state index contributed by atoms with van der Waals surface area (Å²) in [5.74, 6) is 0. The van der Waals surface area contributed by atoms with E-state index in [1.54, 1.807) is 19.1 Å². The Hall–Kier alpha value is -1.81. The van der Waals surface area contributed by atoms with Crippen molar-refractivity contribution in [2.75, 3.05) is 19.4 Å². The summed E-state index contributed by atoms with van der Waals surface area (Å²) >= 11 is 3.14. The first-order valence-corrected chi connectivity index (χ1v) is 9.42. The molecule has 0 aliphatic carbocycles. The molecule has 1 heterocycles. The van der Waals surface area contributed by atoms with E-state index in [-0.39, 0.29) is 17.8 Å². The maximum atomic E-state index is 11.9. The summed E-state index contributed by atoms with van der Waals surface area (Å²) in [6.07, 6.45) is -0.0243. The van der Waals surface area contributed by atoms with E-state index in [0.29, 0.717) is 16.7 Å². The fourth-order valence-electron chi connectivity index (χ4n) is 1.68. The lowest BCUT2D eigenvalue weighted by atomic mass is 10.2. The first-order chi connectivity index (χ1) is 11.2. The van der Waals surface area contributed by atoms with E-state index < -0.39 is 22.1 Å². The zero-order chi connectivity index (χ0) is 18.8. The highest BCUT2D eigenvalue weighted by Gasteiger charge is 2.23. The number of rotatable bonds is 6. The fourth-order valence-corrected chi connectivity index (χ4v) is 2.98. The molecule has 0 fully saturated rings. The number of alkyl carbamates (subject to hydrolysis) is 1. The standard InChI is InChI=1S/C12H18BrN3O4S.CO2/c1-4-14-10(16-12(17)20-5-2)8-6-7-9(13)15-11(8)21(3,18)19;2-1-3/h6-7,10,14H,4-5H2,1-3H3,(H,16,17);. The zero-order valence-electron chi connectivity index (χ0n) is 13.3. The van der Waals surface area contributed by atoms with Crippen LogP contribution in [0.5, 0.6) is 0 Å². The summed E-state index contributed by atoms with van der Waals surface area (Å²) < 4.78 is 29.0. The number of ether oxygens (including phenoxy) is 1. The van der Waals surface area contributed by atoms with Crippen LogP contribution in [0.1, 0.15) is 25.6 Å². The van der Waals surface area contributed by atoms with E-state index in [1.165, 1.54) is 0 Å². The van der Waals surface area contributed by atoms with Crippen LogP contribution < -0.4 is 10.6 Å². The van der Waals surface area contributed by atoms with Gasteiger partial charge in [0.25, 0.3) is 0 Å². The average molecular weight is 424 g/mol. The Morgan fingerprint density at radius 1 is 1.38 bits per heavy atom. The van der Waals surface area contributed by atoms with Crippen LogP contribution >= 0.6 is 15.9 Å². The second kappa shape index (κ2) is 10.9. The molecule has 0 spiro atoms. The molecule has 1 aromatic rings. The lowest BCUT2D eigenvalue weighted by Crippen LogP contribution is -2.39. The van der Waals surface area contributed by atoms with Crippen LogP contribution in [0.15, 0.2) is 21.8 Å². The fraction of sp³-hybridized carbons (Fsp3) is 0.462. The van der Waals surface area contributed by atoms with Gasteiger partial charge in [0.15, 0.2) is 14.9 Å². The molecule has 0 radical (unpaired) electrons. The zero-order valence-corrected chi connectivity index (χ0v) is 15.7. The van der Waals surface area contributed by atoms with Crippen molar-refractivity contribution in [1.82, 2.24) is 15.6 Å². The minimum atomic E-state index is -3.54. The van der Waals surface area contributed by atoms with Crippen LogP contribution in [0.4, 0.5) is 4.79 Å². The van der Waals surface area contributed by atoms with Crippen LogP contribution in [0.2, 0.25) is 0 Å². The van der Waals surface area contributed by atoms with Gasteiger partial charge in [0, 0.05) is 11.8 Å². The monoisotopic (exact) mass is 423 g/mol. The van der Waals surface area contributed by atoms with Crippen molar-refractivity contribution in [3.05, 3.63) is 22.3 Å². The third-order valence-electron chi connectivity index (χ3n) is 2.46. The van der Waals surface area contributed by atoms with Crippen LogP contribution in [0, 0.1) is 0 Å². The molecule has 1 atom stereocenters. The maximum Gasteiger partial charge on any atom is 0.408 e. The maximum absolute atomic E-state index is 11.9. The molecule has 0 saturated carbocycles. The van der Waals surface area contributed by atoms with Gasteiger partial charge in [-0.2, -0.15) is 9.59 Å². The minimum absolute atomic E-state index is 0.0976. The normalized spacial score (nSPS) is 11.5. The molecule has 0 aliphatic rings. The average Bonchev–Trinajstić information content (AvgIpc) is 2.47. The third kappa shape index (κ3) is 7.64. The Balaban J connectivity index is 0.00000163. The number of pyridine rings is 1. The van der Waals surface area contributed by atoms with Crippen molar-refractivity contribution in [2.45, 2.75) is 25.0 Å². The van der Waals surface area contributed by atoms with Gasteiger partial charge in [0.2, 0.25) is 0 Å². The highest BCUT2D eigenvalue weighted by molar-refractivity contribution is 9.10. The van der Waals surface area contributed by atoms with E-state index in [1.807, 2.05) is 6.92 Å². The third-order valence-corrected chi connectivity index (χ3v) is 3.93. The quantitative estimate of drug-likeness (QED) is 0.511. The molecule has 2 N–H and O–H groups in total. The van der Waals surface area contributed by atoms with Gasteiger partial charge in [-0.3, -0.25) is 5.32 Å². The summed E-state index contributed by atoms with van der Waals surface area (Å²) in [4.78, 5) is 31.8. The summed E-state index contributed by atoms with van der Waals surface area (Å²) in [5.41, 5.74) is 0.357. The number of aromatic nitrogens is 1. The number of carbonyl (C=O) groups is 1. The van der Waals surface area contributed by atoms with Crippen LogP contribution in [0.3, 0.4) is 0 Å². The van der Waals surface area contributed by atoms with Crippen LogP contribution in [0.25, 0.3) is 0 Å². The topological polar surface area (TPSA) is 132 Å². The first-order valence-electron chi connectivity index (χ1n) is 6.73. The van der Waals surface area contributed by atoms with E-state index >= 15 is 0 Å². The predicted octanol–water partition coefficient (Wildman–Crippen LogP) is 1.02. The number of nitrogens with one attached hydrogen (secondary N) is 2. The van der Waals surface area contributed by atoms with Crippen LogP contribution in [-0.4, -0.2) is 45.1 Å². The molecule has 1 rings (SSSR count). The molecule has 11 heteroatoms. The molecular weight excluding hydrogens is 406 g/mol. The predicted molar refractivity (Wildman–Crippen MR) is 86.6 cm³/mol. The van der Waals surface area contributed by atoms with Gasteiger partial charge < -0.3 is 10.1 Å². The highest BCUT2D eigenvalue weighted by Crippen LogP contribution is 2.22. The second-order valence-electron chi connectivity index (χ2n) is 4.24. The number of amides is 1. The van der Waals surface area contributed by atoms with Gasteiger partial charge in [-0.1, -0.05) is 13.0 Å². The number of hydrogen-bond donors (Lipinski definition) is 2. The Labute approximate surface area is 148 Å². The van der Waals surface area contributed by atoms with Crippen molar-refractivity contribution in [2.24, 2.45) is 0 Å². The number of halogens is 1. The molecular formula is C13H18BrN3O6S. The van der Waals surface area contributed by atoms with Gasteiger partial charge in [0.05, 0.1) is 6.61 Å². The van der Waals surface area contributed by atoms with Crippen molar-refractivity contribution in [3.8, 4) is 0 Å². The molecule has 1 aromatic heterocycles. The molecule has 1 unspecified atom stereocenters. The number of nitrogens with zero attached hydrogens (tertiary/aromatic N) is 1. The van der Waals surface area contributed by atoms with Crippen molar-refractivity contribution in [1.29, 1.82) is 0 Å². The van der Waals surface area contributed by atoms with E-state index in [0.717, 1.165) is 6.26 Å². The van der Waals surface area contributed by atoms with Gasteiger partial charge in [-0.05, 0) is 35.5 Å². The Kier molecular flexibility index (Phi) is 10.0. The Morgan fingerprint density at radius 2 is 1.96 bits per heavy atom. The largest absolute Gasteiger partial charge is 0.450 e. The molecule has 0 saturated heterocycles. The molecule has 1 amide bonds.